The van der Waals surface area contributed by atoms with Crippen molar-refractivity contribution in [2.45, 2.75) is 38.9 Å². The lowest BCUT2D eigenvalue weighted by Crippen LogP contribution is -2.55. The van der Waals surface area contributed by atoms with Gasteiger partial charge in [-0.2, -0.15) is 13.2 Å². The Hall–Kier alpha value is -2.07. The number of halogens is 4. The van der Waals surface area contributed by atoms with Gasteiger partial charge in [0.15, 0.2) is 0 Å². The lowest BCUT2D eigenvalue weighted by Gasteiger charge is -2.33. The van der Waals surface area contributed by atoms with Gasteiger partial charge in [-0.1, -0.05) is 13.8 Å². The Morgan fingerprint density at radius 2 is 1.93 bits per heavy atom. The minimum Gasteiger partial charge on any atom is -0.379 e. The molecule has 154 valence electrons. The average molecular weight is 413 g/mol. The zero-order valence-corrected chi connectivity index (χ0v) is 16.0. The van der Waals surface area contributed by atoms with E-state index in [-0.39, 0.29) is 49.4 Å². The van der Waals surface area contributed by atoms with Crippen LogP contribution >= 0.6 is 12.4 Å². The molecule has 0 aliphatic rings. The number of benzene rings is 1. The van der Waals surface area contributed by atoms with Crippen LogP contribution in [0.4, 0.5) is 24.5 Å². The van der Waals surface area contributed by atoms with Crippen molar-refractivity contribution in [1.82, 2.24) is 5.32 Å². The van der Waals surface area contributed by atoms with E-state index >= 15 is 0 Å². The number of nitrogens with zero attached hydrogens (tertiary/aromatic N) is 1. The third-order valence-electron chi connectivity index (χ3n) is 4.31. The maximum Gasteiger partial charge on any atom is 0.416 e. The van der Waals surface area contributed by atoms with E-state index in [1.807, 2.05) is 20.8 Å². The predicted octanol–water partition coefficient (Wildman–Crippen LogP) is 3.33. The summed E-state index contributed by atoms with van der Waals surface area (Å²) in [4.78, 5) is 22.1. The number of alkyl halides is 3. The Balaban J connectivity index is 0.00000676. The highest BCUT2D eigenvalue weighted by atomic mass is 35.5. The zero-order valence-electron chi connectivity index (χ0n) is 15.2. The van der Waals surface area contributed by atoms with Gasteiger partial charge in [0.25, 0.3) is 5.69 Å². The van der Waals surface area contributed by atoms with Crippen LogP contribution in [-0.2, 0) is 11.0 Å². The molecule has 1 amide bonds. The Morgan fingerprint density at radius 1 is 1.33 bits per heavy atom. The molecule has 0 spiro atoms. The minimum atomic E-state index is -4.67. The van der Waals surface area contributed by atoms with Gasteiger partial charge in [0.1, 0.15) is 5.69 Å². The first-order chi connectivity index (χ1) is 11.9. The van der Waals surface area contributed by atoms with E-state index in [2.05, 4.69) is 10.6 Å². The molecular weight excluding hydrogens is 389 g/mol. The second-order valence-electron chi connectivity index (χ2n) is 6.49. The molecule has 1 aromatic carbocycles. The van der Waals surface area contributed by atoms with Gasteiger partial charge in [0.2, 0.25) is 5.91 Å². The zero-order chi connectivity index (χ0) is 20.1. The molecule has 0 heterocycles. The molecule has 1 aromatic rings. The maximum atomic E-state index is 12.7. The quantitative estimate of drug-likeness (QED) is 0.448. The van der Waals surface area contributed by atoms with E-state index in [1.165, 1.54) is 0 Å². The van der Waals surface area contributed by atoms with Gasteiger partial charge in [0, 0.05) is 25.6 Å². The van der Waals surface area contributed by atoms with Crippen molar-refractivity contribution in [3.63, 3.8) is 0 Å². The second kappa shape index (κ2) is 9.75. The Bertz CT molecular complexity index is 671. The number of anilines is 1. The molecule has 0 saturated heterocycles. The number of carbonyl (C=O) groups excluding carboxylic acids is 1. The third kappa shape index (κ3) is 6.87. The second-order valence-corrected chi connectivity index (χ2v) is 6.49. The highest BCUT2D eigenvalue weighted by Crippen LogP contribution is 2.34. The number of hydrogen-bond donors (Lipinski definition) is 3. The average Bonchev–Trinajstić information content (AvgIpc) is 2.53. The molecule has 4 N–H and O–H groups in total. The summed E-state index contributed by atoms with van der Waals surface area (Å²) < 4.78 is 38.0. The fourth-order valence-corrected chi connectivity index (χ4v) is 2.13. The lowest BCUT2D eigenvalue weighted by atomic mass is 9.88. The van der Waals surface area contributed by atoms with Crippen LogP contribution in [0.15, 0.2) is 18.2 Å². The van der Waals surface area contributed by atoms with E-state index < -0.39 is 27.9 Å². The van der Waals surface area contributed by atoms with Gasteiger partial charge in [0.05, 0.1) is 16.0 Å². The van der Waals surface area contributed by atoms with Gasteiger partial charge in [-0.3, -0.25) is 14.9 Å². The Labute approximate surface area is 161 Å². The molecule has 0 radical (unpaired) electrons. The predicted molar refractivity (Wildman–Crippen MR) is 98.9 cm³/mol. The molecule has 1 atom stereocenters. The van der Waals surface area contributed by atoms with Crippen molar-refractivity contribution in [3.05, 3.63) is 33.9 Å². The molecule has 0 aliphatic carbocycles. The van der Waals surface area contributed by atoms with Crippen LogP contribution in [0.5, 0.6) is 0 Å². The molecule has 0 saturated carbocycles. The van der Waals surface area contributed by atoms with Gasteiger partial charge in [-0.25, -0.2) is 0 Å². The highest BCUT2D eigenvalue weighted by Gasteiger charge is 2.33. The highest BCUT2D eigenvalue weighted by molar-refractivity contribution is 5.85. The number of amides is 1. The van der Waals surface area contributed by atoms with E-state index in [0.29, 0.717) is 6.07 Å². The Kier molecular flexibility index (Phi) is 9.00. The molecule has 1 unspecified atom stereocenters. The number of hydrogen-bond acceptors (Lipinski definition) is 5. The molecule has 0 aromatic heterocycles. The first-order valence-corrected chi connectivity index (χ1v) is 8.01. The van der Waals surface area contributed by atoms with Crippen LogP contribution in [0, 0.1) is 16.0 Å². The fourth-order valence-electron chi connectivity index (χ4n) is 2.13. The lowest BCUT2D eigenvalue weighted by molar-refractivity contribution is -0.384. The minimum absolute atomic E-state index is 0. The summed E-state index contributed by atoms with van der Waals surface area (Å²) in [6, 6.07) is 2.20. The van der Waals surface area contributed by atoms with Gasteiger partial charge >= 0.3 is 6.18 Å². The first kappa shape index (κ1) is 24.9. The van der Waals surface area contributed by atoms with Crippen LogP contribution in [0.1, 0.15) is 32.8 Å². The summed E-state index contributed by atoms with van der Waals surface area (Å²) >= 11 is 0. The number of carbonyl (C=O) groups is 1. The molecule has 0 fully saturated rings. The monoisotopic (exact) mass is 412 g/mol. The molecule has 0 bridgehead atoms. The summed E-state index contributed by atoms with van der Waals surface area (Å²) in [6.45, 7) is 5.91. The van der Waals surface area contributed by atoms with E-state index in [4.69, 9.17) is 5.73 Å². The smallest absolute Gasteiger partial charge is 0.379 e. The summed E-state index contributed by atoms with van der Waals surface area (Å²) in [5.74, 6) is -0.214. The SMILES string of the molecule is CC(C)C(C)(CN)NC(=O)CCNc1ccc(C(F)(F)F)cc1[N+](=O)[O-].Cl. The van der Waals surface area contributed by atoms with Crippen LogP contribution in [0.25, 0.3) is 0 Å². The van der Waals surface area contributed by atoms with Gasteiger partial charge in [-0.05, 0) is 25.0 Å². The largest absolute Gasteiger partial charge is 0.416 e. The number of nitro benzene ring substituents is 1. The normalized spacial score (nSPS) is 13.5. The van der Waals surface area contributed by atoms with Crippen LogP contribution in [-0.4, -0.2) is 29.5 Å². The van der Waals surface area contributed by atoms with Crippen LogP contribution < -0.4 is 16.4 Å². The summed E-state index contributed by atoms with van der Waals surface area (Å²) in [5, 5.41) is 16.4. The van der Waals surface area contributed by atoms with Crippen molar-refractivity contribution >= 4 is 29.7 Å². The van der Waals surface area contributed by atoms with E-state index in [9.17, 15) is 28.1 Å². The molecule has 0 aliphatic heterocycles. The number of nitro groups is 1. The van der Waals surface area contributed by atoms with Crippen LogP contribution in [0.3, 0.4) is 0 Å². The van der Waals surface area contributed by atoms with Crippen molar-refractivity contribution in [1.29, 1.82) is 0 Å². The van der Waals surface area contributed by atoms with Crippen molar-refractivity contribution in [3.8, 4) is 0 Å². The van der Waals surface area contributed by atoms with Crippen molar-refractivity contribution in [2.75, 3.05) is 18.4 Å². The molecule has 1 rings (SSSR count). The number of rotatable bonds is 8. The topological polar surface area (TPSA) is 110 Å². The summed E-state index contributed by atoms with van der Waals surface area (Å²) in [6.07, 6.45) is -4.69. The van der Waals surface area contributed by atoms with E-state index in [0.717, 1.165) is 12.1 Å². The van der Waals surface area contributed by atoms with E-state index in [1.54, 1.807) is 0 Å². The van der Waals surface area contributed by atoms with Gasteiger partial charge < -0.3 is 16.4 Å². The molecule has 27 heavy (non-hydrogen) atoms. The number of nitrogens with one attached hydrogen (secondary N) is 2. The van der Waals surface area contributed by atoms with Crippen LogP contribution in [0.2, 0.25) is 0 Å². The standard InChI is InChI=1S/C16H23F3N4O3.ClH/c1-10(2)15(3,9-20)22-14(24)6-7-21-12-5-4-11(16(17,18)19)8-13(12)23(25)26;/h4-5,8,10,21H,6-7,9,20H2,1-3H3,(H,22,24);1H. The fraction of sp³-hybridized carbons (Fsp3) is 0.562. The maximum absolute atomic E-state index is 12.7. The summed E-state index contributed by atoms with van der Waals surface area (Å²) in [7, 11) is 0. The van der Waals surface area contributed by atoms with Gasteiger partial charge in [-0.15, -0.1) is 12.4 Å². The third-order valence-corrected chi connectivity index (χ3v) is 4.31. The van der Waals surface area contributed by atoms with Crippen molar-refractivity contribution in [2.24, 2.45) is 11.7 Å². The molecular formula is C16H24ClF3N4O3. The molecule has 11 heteroatoms. The number of nitrogens with two attached hydrogens (primary N) is 1. The first-order valence-electron chi connectivity index (χ1n) is 8.01. The Morgan fingerprint density at radius 3 is 2.37 bits per heavy atom. The molecule has 7 nitrogen and oxygen atoms in total. The summed E-state index contributed by atoms with van der Waals surface area (Å²) in [5.41, 5.74) is 3.21. The van der Waals surface area contributed by atoms with Crippen molar-refractivity contribution < 1.29 is 22.9 Å².